The first kappa shape index (κ1) is 22.0. The minimum Gasteiger partial charge on any atom is -0.488 e. The zero-order chi connectivity index (χ0) is 22.7. The maximum absolute atomic E-state index is 12.9. The molecular weight excluding hydrogens is 459 g/mol. The van der Waals surface area contributed by atoms with Crippen LogP contribution in [-0.2, 0) is 6.61 Å². The van der Waals surface area contributed by atoms with E-state index in [1.165, 1.54) is 23.6 Å². The monoisotopic (exact) mass is 473 g/mol. The van der Waals surface area contributed by atoms with Gasteiger partial charge in [-0.25, -0.2) is 0 Å². The molecule has 162 valence electrons. The van der Waals surface area contributed by atoms with Crippen molar-refractivity contribution >= 4 is 28.7 Å². The lowest BCUT2D eigenvalue weighted by atomic mass is 10.0. The topological polar surface area (TPSA) is 39.2 Å². The van der Waals surface area contributed by atoms with Crippen LogP contribution < -0.4 is 4.74 Å². The molecule has 0 saturated heterocycles. The summed E-state index contributed by atoms with van der Waals surface area (Å²) in [5.41, 5.74) is 2.29. The van der Waals surface area contributed by atoms with Crippen molar-refractivity contribution in [1.82, 2.24) is 4.98 Å². The maximum atomic E-state index is 12.9. The third-order valence-electron chi connectivity index (χ3n) is 4.65. The Morgan fingerprint density at radius 2 is 1.78 bits per heavy atom. The molecule has 0 fully saturated rings. The van der Waals surface area contributed by atoms with Gasteiger partial charge in [0.1, 0.15) is 12.4 Å². The van der Waals surface area contributed by atoms with Crippen LogP contribution in [0.3, 0.4) is 0 Å². The lowest BCUT2D eigenvalue weighted by Gasteiger charge is -2.13. The van der Waals surface area contributed by atoms with Crippen molar-refractivity contribution in [2.24, 2.45) is 0 Å². The van der Waals surface area contributed by atoms with Gasteiger partial charge < -0.3 is 4.74 Å². The predicted molar refractivity (Wildman–Crippen MR) is 119 cm³/mol. The molecular formula is C24H15ClF3NO2S. The van der Waals surface area contributed by atoms with Crippen LogP contribution in [0.1, 0.15) is 15.9 Å². The van der Waals surface area contributed by atoms with Crippen LogP contribution >= 0.6 is 22.9 Å². The summed E-state index contributed by atoms with van der Waals surface area (Å²) in [6.07, 6.45) is -2.62. The zero-order valence-corrected chi connectivity index (χ0v) is 18.0. The van der Waals surface area contributed by atoms with E-state index in [1.807, 2.05) is 41.8 Å². The van der Waals surface area contributed by atoms with E-state index in [9.17, 15) is 18.0 Å². The molecule has 0 aliphatic heterocycles. The van der Waals surface area contributed by atoms with Crippen LogP contribution in [0, 0.1) is 0 Å². The van der Waals surface area contributed by atoms with Crippen molar-refractivity contribution in [1.29, 1.82) is 0 Å². The first-order valence-electron chi connectivity index (χ1n) is 9.44. The van der Waals surface area contributed by atoms with Gasteiger partial charge in [0.25, 0.3) is 5.78 Å². The minimum atomic E-state index is -4.97. The van der Waals surface area contributed by atoms with Crippen LogP contribution in [-0.4, -0.2) is 16.9 Å². The second kappa shape index (κ2) is 9.14. The Morgan fingerprint density at radius 1 is 1.00 bits per heavy atom. The number of halogens is 4. The molecule has 0 atom stereocenters. The lowest BCUT2D eigenvalue weighted by Crippen LogP contribution is -2.22. The average molecular weight is 474 g/mol. The van der Waals surface area contributed by atoms with Gasteiger partial charge in [-0.3, -0.25) is 9.78 Å². The number of carbonyl (C=O) groups is 1. The number of hydrogen-bond acceptors (Lipinski definition) is 4. The molecule has 0 aliphatic carbocycles. The molecule has 32 heavy (non-hydrogen) atoms. The van der Waals surface area contributed by atoms with Gasteiger partial charge in [0, 0.05) is 44.5 Å². The molecule has 0 unspecified atom stereocenters. The first-order chi connectivity index (χ1) is 15.3. The summed E-state index contributed by atoms with van der Waals surface area (Å²) in [6, 6.07) is 17.9. The van der Waals surface area contributed by atoms with Gasteiger partial charge >= 0.3 is 6.18 Å². The molecule has 2 heterocycles. The Bertz CT molecular complexity index is 1260. The Labute approximate surface area is 191 Å². The van der Waals surface area contributed by atoms with Gasteiger partial charge in [0.2, 0.25) is 0 Å². The van der Waals surface area contributed by atoms with Crippen molar-refractivity contribution in [3.8, 4) is 27.3 Å². The maximum Gasteiger partial charge on any atom is 0.454 e. The fourth-order valence-corrected chi connectivity index (χ4v) is 4.24. The number of ether oxygens (including phenoxy) is 1. The zero-order valence-electron chi connectivity index (χ0n) is 16.4. The summed E-state index contributed by atoms with van der Waals surface area (Å²) in [5.74, 6) is -1.35. The van der Waals surface area contributed by atoms with E-state index in [4.69, 9.17) is 16.3 Å². The highest BCUT2D eigenvalue weighted by Crippen LogP contribution is 2.42. The molecule has 0 aliphatic rings. The van der Waals surface area contributed by atoms with Crippen molar-refractivity contribution < 1.29 is 22.7 Å². The highest BCUT2D eigenvalue weighted by molar-refractivity contribution is 7.14. The number of pyridine rings is 1. The second-order valence-electron chi connectivity index (χ2n) is 6.87. The van der Waals surface area contributed by atoms with Crippen molar-refractivity contribution in [2.75, 3.05) is 0 Å². The molecule has 4 rings (SSSR count). The fourth-order valence-electron chi connectivity index (χ4n) is 3.17. The standard InChI is InChI=1S/C24H15ClF3NO2S/c25-18-6-7-21(31-14-15-4-2-1-3-5-15)20(11-18)19-8-9-32-22(19)16-10-17(13-29-12-16)23(30)24(26,27)28/h1-13H,14H2. The highest BCUT2D eigenvalue weighted by Gasteiger charge is 2.39. The van der Waals surface area contributed by atoms with Gasteiger partial charge in [0.15, 0.2) is 0 Å². The quantitative estimate of drug-likeness (QED) is 0.273. The van der Waals surface area contributed by atoms with Gasteiger partial charge in [-0.15, -0.1) is 11.3 Å². The normalized spacial score (nSPS) is 11.4. The SMILES string of the molecule is O=C(c1cncc(-c2sccc2-c2cc(Cl)ccc2OCc2ccccc2)c1)C(F)(F)F. The Kier molecular flexibility index (Phi) is 6.30. The van der Waals surface area contributed by atoms with E-state index in [-0.39, 0.29) is 0 Å². The molecule has 0 radical (unpaired) electrons. The van der Waals surface area contributed by atoms with Crippen molar-refractivity contribution in [3.05, 3.63) is 94.6 Å². The molecule has 2 aromatic carbocycles. The first-order valence-corrected chi connectivity index (χ1v) is 10.7. The van der Waals surface area contributed by atoms with Crippen LogP contribution in [0.5, 0.6) is 5.75 Å². The Hall–Kier alpha value is -3.16. The van der Waals surface area contributed by atoms with Crippen LogP contribution in [0.2, 0.25) is 5.02 Å². The van der Waals surface area contributed by atoms with Crippen LogP contribution in [0.25, 0.3) is 21.6 Å². The summed E-state index contributed by atoms with van der Waals surface area (Å²) in [5, 5.41) is 2.30. The number of alkyl halides is 3. The molecule has 8 heteroatoms. The molecule has 4 aromatic rings. The van der Waals surface area contributed by atoms with Gasteiger partial charge in [0.05, 0.1) is 0 Å². The number of nitrogens with zero attached hydrogens (tertiary/aromatic N) is 1. The van der Waals surface area contributed by atoms with Gasteiger partial charge in [-0.05, 0) is 41.3 Å². The molecule has 0 amide bonds. The Balaban J connectivity index is 1.71. The average Bonchev–Trinajstić information content (AvgIpc) is 3.28. The minimum absolute atomic E-state index is 0.339. The van der Waals surface area contributed by atoms with Gasteiger partial charge in [-0.1, -0.05) is 41.9 Å². The lowest BCUT2D eigenvalue weighted by molar-refractivity contribution is -0.0885. The number of thiophene rings is 1. The summed E-state index contributed by atoms with van der Waals surface area (Å²) in [4.78, 5) is 16.2. The number of Topliss-reactive ketones (excluding diaryl/α,β-unsaturated/α-hetero) is 1. The number of ketones is 1. The van der Waals surface area contributed by atoms with E-state index in [0.29, 0.717) is 33.4 Å². The smallest absolute Gasteiger partial charge is 0.454 e. The summed E-state index contributed by atoms with van der Waals surface area (Å²) in [6.45, 7) is 0.339. The second-order valence-corrected chi connectivity index (χ2v) is 8.22. The van der Waals surface area contributed by atoms with E-state index in [2.05, 4.69) is 4.98 Å². The number of aromatic nitrogens is 1. The van der Waals surface area contributed by atoms with Gasteiger partial charge in [-0.2, -0.15) is 13.2 Å². The molecule has 0 spiro atoms. The fraction of sp³-hybridized carbons (Fsp3) is 0.0833. The number of carbonyl (C=O) groups excluding carboxylic acids is 1. The largest absolute Gasteiger partial charge is 0.488 e. The molecule has 3 nitrogen and oxygen atoms in total. The molecule has 0 N–H and O–H groups in total. The van der Waals surface area contributed by atoms with Crippen molar-refractivity contribution in [2.45, 2.75) is 12.8 Å². The number of benzene rings is 2. The van der Waals surface area contributed by atoms with E-state index in [1.54, 1.807) is 18.2 Å². The third-order valence-corrected chi connectivity index (χ3v) is 5.85. The Morgan fingerprint density at radius 3 is 2.53 bits per heavy atom. The number of hydrogen-bond donors (Lipinski definition) is 0. The van der Waals surface area contributed by atoms with E-state index < -0.39 is 17.5 Å². The molecule has 0 saturated carbocycles. The molecule has 2 aromatic heterocycles. The van der Waals surface area contributed by atoms with Crippen molar-refractivity contribution in [3.63, 3.8) is 0 Å². The van der Waals surface area contributed by atoms with E-state index >= 15 is 0 Å². The van der Waals surface area contributed by atoms with Crippen LogP contribution in [0.4, 0.5) is 13.2 Å². The molecule has 0 bridgehead atoms. The summed E-state index contributed by atoms with van der Waals surface area (Å²) in [7, 11) is 0. The third kappa shape index (κ3) is 4.84. The van der Waals surface area contributed by atoms with E-state index in [0.717, 1.165) is 17.3 Å². The summed E-state index contributed by atoms with van der Waals surface area (Å²) >= 11 is 7.56. The predicted octanol–water partition coefficient (Wildman–Crippen LogP) is 7.45. The number of rotatable bonds is 6. The highest BCUT2D eigenvalue weighted by atomic mass is 35.5. The summed E-state index contributed by atoms with van der Waals surface area (Å²) < 4.78 is 44.6. The van der Waals surface area contributed by atoms with Crippen LogP contribution in [0.15, 0.2) is 78.4 Å².